The maximum Gasteiger partial charge on any atom is 0.246 e. The largest absolute Gasteiger partial charge is 0.342 e. The van der Waals surface area contributed by atoms with Gasteiger partial charge in [0.15, 0.2) is 0 Å². The smallest absolute Gasteiger partial charge is 0.246 e. The molecular formula is C17H32N2O2. The van der Waals surface area contributed by atoms with Crippen molar-refractivity contribution in [2.75, 3.05) is 0 Å². The Labute approximate surface area is 129 Å². The summed E-state index contributed by atoms with van der Waals surface area (Å²) in [5.41, 5.74) is 0. The highest BCUT2D eigenvalue weighted by molar-refractivity contribution is 5.97. The second kappa shape index (κ2) is 7.28. The van der Waals surface area contributed by atoms with Gasteiger partial charge in [-0.15, -0.1) is 0 Å². The maximum absolute atomic E-state index is 12.8. The highest BCUT2D eigenvalue weighted by Gasteiger charge is 2.44. The summed E-state index contributed by atoms with van der Waals surface area (Å²) in [6.45, 7) is 14.4. The van der Waals surface area contributed by atoms with Crippen molar-refractivity contribution in [1.82, 2.24) is 10.2 Å². The monoisotopic (exact) mass is 296 g/mol. The quantitative estimate of drug-likeness (QED) is 0.819. The molecule has 2 amide bonds. The topological polar surface area (TPSA) is 49.4 Å². The van der Waals surface area contributed by atoms with Gasteiger partial charge in [-0.25, -0.2) is 0 Å². The van der Waals surface area contributed by atoms with Crippen LogP contribution in [0.2, 0.25) is 0 Å². The molecular weight excluding hydrogens is 264 g/mol. The Kier molecular flexibility index (Phi) is 6.24. The summed E-state index contributed by atoms with van der Waals surface area (Å²) >= 11 is 0. The van der Waals surface area contributed by atoms with Crippen molar-refractivity contribution in [1.29, 1.82) is 0 Å². The van der Waals surface area contributed by atoms with Crippen molar-refractivity contribution in [2.45, 2.75) is 79.4 Å². The van der Waals surface area contributed by atoms with Crippen molar-refractivity contribution in [3.05, 3.63) is 0 Å². The van der Waals surface area contributed by atoms with Gasteiger partial charge in [-0.3, -0.25) is 9.59 Å². The zero-order chi connectivity index (χ0) is 16.3. The summed E-state index contributed by atoms with van der Waals surface area (Å²) in [5, 5.41) is 2.92. The third-order valence-electron chi connectivity index (χ3n) is 4.32. The lowest BCUT2D eigenvalue weighted by Gasteiger charge is -2.45. The predicted octanol–water partition coefficient (Wildman–Crippen LogP) is 2.82. The van der Waals surface area contributed by atoms with Gasteiger partial charge in [0.25, 0.3) is 0 Å². The van der Waals surface area contributed by atoms with Gasteiger partial charge in [0.05, 0.1) is 0 Å². The lowest BCUT2D eigenvalue weighted by molar-refractivity contribution is -0.155. The molecule has 1 aliphatic heterocycles. The van der Waals surface area contributed by atoms with E-state index in [1.807, 2.05) is 32.6 Å². The molecule has 21 heavy (non-hydrogen) atoms. The van der Waals surface area contributed by atoms with Crippen LogP contribution in [0, 0.1) is 17.8 Å². The molecule has 0 bridgehead atoms. The first-order chi connectivity index (χ1) is 9.66. The van der Waals surface area contributed by atoms with Crippen LogP contribution >= 0.6 is 0 Å². The third-order valence-corrected chi connectivity index (χ3v) is 4.32. The van der Waals surface area contributed by atoms with Gasteiger partial charge in [0, 0.05) is 6.04 Å². The Balaban J connectivity index is 2.99. The average molecular weight is 296 g/mol. The number of carbonyl (C=O) groups excluding carboxylic acids is 2. The molecule has 122 valence electrons. The van der Waals surface area contributed by atoms with Gasteiger partial charge >= 0.3 is 0 Å². The molecule has 1 saturated heterocycles. The molecule has 4 heteroatoms. The summed E-state index contributed by atoms with van der Waals surface area (Å²) < 4.78 is 0. The number of nitrogens with one attached hydrogen (secondary N) is 1. The molecule has 3 unspecified atom stereocenters. The van der Waals surface area contributed by atoms with Crippen LogP contribution in [0.3, 0.4) is 0 Å². The van der Waals surface area contributed by atoms with Crippen LogP contribution in [0.4, 0.5) is 0 Å². The zero-order valence-corrected chi connectivity index (χ0v) is 14.6. The Morgan fingerprint density at radius 3 is 1.95 bits per heavy atom. The first kappa shape index (κ1) is 18.0. The molecule has 1 heterocycles. The number of nitrogens with zero attached hydrogens (tertiary/aromatic N) is 1. The molecule has 0 saturated carbocycles. The van der Waals surface area contributed by atoms with Gasteiger partial charge in [0.2, 0.25) is 11.8 Å². The highest BCUT2D eigenvalue weighted by atomic mass is 16.2. The van der Waals surface area contributed by atoms with Crippen molar-refractivity contribution in [3.8, 4) is 0 Å². The summed E-state index contributed by atoms with van der Waals surface area (Å²) in [5.74, 6) is 0.941. The lowest BCUT2D eigenvalue weighted by Crippen LogP contribution is -2.67. The number of carbonyl (C=O) groups is 2. The molecule has 0 aliphatic carbocycles. The molecule has 0 radical (unpaired) electrons. The van der Waals surface area contributed by atoms with E-state index in [1.54, 1.807) is 0 Å². The fourth-order valence-electron chi connectivity index (χ4n) is 3.01. The Bertz CT molecular complexity index is 377. The summed E-state index contributed by atoms with van der Waals surface area (Å²) in [6.07, 6.45) is 2.02. The van der Waals surface area contributed by atoms with E-state index >= 15 is 0 Å². The Morgan fingerprint density at radius 2 is 1.52 bits per heavy atom. The minimum Gasteiger partial charge on any atom is -0.342 e. The van der Waals surface area contributed by atoms with E-state index in [2.05, 4.69) is 26.1 Å². The molecule has 0 aromatic rings. The van der Waals surface area contributed by atoms with E-state index < -0.39 is 0 Å². The van der Waals surface area contributed by atoms with Gasteiger partial charge in [0.1, 0.15) is 12.1 Å². The van der Waals surface area contributed by atoms with E-state index in [9.17, 15) is 9.59 Å². The maximum atomic E-state index is 12.8. The molecule has 3 atom stereocenters. The normalized spacial score (nSPS) is 25.0. The molecule has 1 fully saturated rings. The van der Waals surface area contributed by atoms with E-state index in [-0.39, 0.29) is 41.8 Å². The minimum atomic E-state index is -0.381. The molecule has 1 rings (SSSR count). The first-order valence-corrected chi connectivity index (χ1v) is 8.29. The van der Waals surface area contributed by atoms with Crippen LogP contribution < -0.4 is 5.32 Å². The number of hydrogen-bond donors (Lipinski definition) is 1. The van der Waals surface area contributed by atoms with Crippen LogP contribution in [-0.2, 0) is 9.59 Å². The van der Waals surface area contributed by atoms with Crippen LogP contribution in [0.15, 0.2) is 0 Å². The fourth-order valence-corrected chi connectivity index (χ4v) is 3.01. The van der Waals surface area contributed by atoms with E-state index in [4.69, 9.17) is 0 Å². The molecule has 0 aromatic carbocycles. The molecule has 0 aromatic heterocycles. The average Bonchev–Trinajstić information content (AvgIpc) is 2.36. The van der Waals surface area contributed by atoms with E-state index in [1.165, 1.54) is 0 Å². The van der Waals surface area contributed by atoms with Gasteiger partial charge < -0.3 is 10.2 Å². The number of rotatable bonds is 6. The predicted molar refractivity (Wildman–Crippen MR) is 85.8 cm³/mol. The SMILES string of the molecule is CC(C)CCC(C)N1C(=O)C(C(C)C)NC(=O)C1C(C)C. The highest BCUT2D eigenvalue weighted by Crippen LogP contribution is 2.25. The van der Waals surface area contributed by atoms with E-state index in [0.29, 0.717) is 5.92 Å². The number of hydrogen-bond acceptors (Lipinski definition) is 2. The molecule has 1 aliphatic rings. The van der Waals surface area contributed by atoms with Crippen molar-refractivity contribution < 1.29 is 9.59 Å². The van der Waals surface area contributed by atoms with Gasteiger partial charge in [-0.2, -0.15) is 0 Å². The third kappa shape index (κ3) is 4.21. The molecule has 4 nitrogen and oxygen atoms in total. The summed E-state index contributed by atoms with van der Waals surface area (Å²) in [4.78, 5) is 27.1. The molecule has 0 spiro atoms. The van der Waals surface area contributed by atoms with E-state index in [0.717, 1.165) is 12.8 Å². The summed E-state index contributed by atoms with van der Waals surface area (Å²) in [7, 11) is 0. The number of amides is 2. The number of piperazine rings is 1. The first-order valence-electron chi connectivity index (χ1n) is 8.29. The standard InChI is InChI=1S/C17H32N2O2/c1-10(2)8-9-13(7)19-15(12(5)6)16(20)18-14(11(3)4)17(19)21/h10-15H,8-9H2,1-7H3,(H,18,20). The second-order valence-electron chi connectivity index (χ2n) is 7.48. The van der Waals surface area contributed by atoms with Crippen molar-refractivity contribution in [3.63, 3.8) is 0 Å². The van der Waals surface area contributed by atoms with Crippen LogP contribution in [-0.4, -0.2) is 34.8 Å². The zero-order valence-electron chi connectivity index (χ0n) is 14.6. The Hall–Kier alpha value is -1.06. The van der Waals surface area contributed by atoms with Gasteiger partial charge in [-0.05, 0) is 37.5 Å². The fraction of sp³-hybridized carbons (Fsp3) is 0.882. The van der Waals surface area contributed by atoms with Gasteiger partial charge in [-0.1, -0.05) is 41.5 Å². The van der Waals surface area contributed by atoms with Crippen LogP contribution in [0.25, 0.3) is 0 Å². The van der Waals surface area contributed by atoms with Crippen molar-refractivity contribution >= 4 is 11.8 Å². The minimum absolute atomic E-state index is 0.000281. The molecule has 1 N–H and O–H groups in total. The van der Waals surface area contributed by atoms with Crippen LogP contribution in [0.5, 0.6) is 0 Å². The Morgan fingerprint density at radius 1 is 0.952 bits per heavy atom. The van der Waals surface area contributed by atoms with Crippen LogP contribution in [0.1, 0.15) is 61.3 Å². The second-order valence-corrected chi connectivity index (χ2v) is 7.48. The van der Waals surface area contributed by atoms with Crippen molar-refractivity contribution in [2.24, 2.45) is 17.8 Å². The lowest BCUT2D eigenvalue weighted by atomic mass is 9.90. The summed E-state index contributed by atoms with van der Waals surface area (Å²) in [6, 6.07) is -0.608.